The predicted molar refractivity (Wildman–Crippen MR) is 102 cm³/mol. The second kappa shape index (κ2) is 9.10. The van der Waals surface area contributed by atoms with Gasteiger partial charge in [-0.05, 0) is 30.6 Å². The van der Waals surface area contributed by atoms with E-state index in [0.717, 1.165) is 18.2 Å². The van der Waals surface area contributed by atoms with Crippen molar-refractivity contribution >= 4 is 29.1 Å². The van der Waals surface area contributed by atoms with Crippen LogP contribution < -0.4 is 11.5 Å². The van der Waals surface area contributed by atoms with E-state index >= 15 is 0 Å². The number of anilines is 1. The Hall–Kier alpha value is -2.85. The van der Waals surface area contributed by atoms with Crippen molar-refractivity contribution in [3.63, 3.8) is 0 Å². The highest BCUT2D eigenvalue weighted by atomic mass is 35.5. The standard InChI is InChI=1S/C11H11ClF3N3O.C7H7NO2/c12-7-2-5(16)1-6(9(7)13)11(10(14)15)4-19-3-8(17)18-11;1-5-3-2-4-8-6(5)7(9)10/h1-2,10H,3-4,16H2,(H2,17,18);2-4H,1H3,(H,9,10)/t11-;/m0./s1/i;1D3,3D,4D. The third-order valence-corrected chi connectivity index (χ3v) is 3.96. The normalized spacial score (nSPS) is 21.6. The lowest BCUT2D eigenvalue weighted by molar-refractivity contribution is -0.0145. The van der Waals surface area contributed by atoms with Gasteiger partial charge in [0, 0.05) is 21.5 Å². The predicted octanol–water partition coefficient (Wildman–Crippen LogP) is 3.00. The van der Waals surface area contributed by atoms with Crippen molar-refractivity contribution in [2.45, 2.75) is 18.8 Å². The zero-order valence-corrected chi connectivity index (χ0v) is 15.3. The summed E-state index contributed by atoms with van der Waals surface area (Å²) < 4.78 is 81.4. The molecule has 0 saturated heterocycles. The highest BCUT2D eigenvalue weighted by Crippen LogP contribution is 2.39. The lowest BCUT2D eigenvalue weighted by Crippen LogP contribution is -2.45. The minimum atomic E-state index is -3.02. The van der Waals surface area contributed by atoms with Gasteiger partial charge < -0.3 is 21.3 Å². The Balaban J connectivity index is 0.000000248. The molecule has 11 heteroatoms. The SMILES string of the molecule is NC1=N[C@@](c2cc(N)cc(Cl)c2F)(C(F)F)COC1.[2H]c1cc([2H])c(C([2H])([2H])[2H])c(C(=O)O)n1. The number of carbonyl (C=O) groups is 1. The fraction of sp³-hybridized carbons (Fsp3) is 0.278. The number of aromatic carboxylic acids is 1. The van der Waals surface area contributed by atoms with Gasteiger partial charge in [0.2, 0.25) is 0 Å². The van der Waals surface area contributed by atoms with Gasteiger partial charge in [-0.3, -0.25) is 4.99 Å². The summed E-state index contributed by atoms with van der Waals surface area (Å²) in [6.45, 7) is -3.29. The van der Waals surface area contributed by atoms with Crippen LogP contribution in [0.25, 0.3) is 0 Å². The van der Waals surface area contributed by atoms with Crippen molar-refractivity contribution < 1.29 is 34.7 Å². The van der Waals surface area contributed by atoms with E-state index in [4.69, 9.17) is 39.8 Å². The third kappa shape index (κ3) is 4.96. The topological polar surface area (TPSA) is 124 Å². The molecule has 5 N–H and O–H groups in total. The number of aliphatic imine (C=N–C) groups is 1. The van der Waals surface area contributed by atoms with Crippen molar-refractivity contribution in [1.82, 2.24) is 4.98 Å². The molecule has 2 aromatic rings. The largest absolute Gasteiger partial charge is 0.477 e. The van der Waals surface area contributed by atoms with E-state index in [1.54, 1.807) is 0 Å². The van der Waals surface area contributed by atoms with Crippen molar-refractivity contribution in [2.75, 3.05) is 18.9 Å². The number of nitrogens with zero attached hydrogens (tertiary/aromatic N) is 2. The second-order valence-corrected chi connectivity index (χ2v) is 6.15. The number of alkyl halides is 2. The molecule has 0 fully saturated rings. The van der Waals surface area contributed by atoms with Crippen LogP contribution in [-0.4, -0.2) is 41.5 Å². The van der Waals surface area contributed by atoms with Gasteiger partial charge in [-0.2, -0.15) is 0 Å². The summed E-state index contributed by atoms with van der Waals surface area (Å²) in [7, 11) is 0. The summed E-state index contributed by atoms with van der Waals surface area (Å²) in [5, 5.41) is 8.35. The minimum absolute atomic E-state index is 0.0563. The Morgan fingerprint density at radius 2 is 2.21 bits per heavy atom. The first-order valence-corrected chi connectivity index (χ1v) is 8.15. The molecule has 0 radical (unpaired) electrons. The Kier molecular flexibility index (Phi) is 5.02. The molecule has 2 heterocycles. The highest BCUT2D eigenvalue weighted by molar-refractivity contribution is 6.31. The van der Waals surface area contributed by atoms with Crippen molar-refractivity contribution in [3.05, 3.63) is 58.1 Å². The average Bonchev–Trinajstić information content (AvgIpc) is 2.69. The zero-order valence-electron chi connectivity index (χ0n) is 19.5. The Bertz CT molecular complexity index is 1140. The molecule has 0 aliphatic carbocycles. The van der Waals surface area contributed by atoms with Crippen LogP contribution in [0.1, 0.15) is 28.5 Å². The maximum Gasteiger partial charge on any atom is 0.354 e. The number of carboxylic acid groups (broad SMARTS) is 1. The monoisotopic (exact) mass is 435 g/mol. The molecule has 3 rings (SSSR count). The van der Waals surface area contributed by atoms with Gasteiger partial charge in [0.1, 0.15) is 18.3 Å². The van der Waals surface area contributed by atoms with E-state index in [2.05, 4.69) is 9.98 Å². The number of halogens is 4. The smallest absolute Gasteiger partial charge is 0.354 e. The Morgan fingerprint density at radius 3 is 2.79 bits per heavy atom. The van der Waals surface area contributed by atoms with E-state index in [1.165, 1.54) is 0 Å². The van der Waals surface area contributed by atoms with Gasteiger partial charge in [0.25, 0.3) is 6.43 Å². The lowest BCUT2D eigenvalue weighted by atomic mass is 9.90. The van der Waals surface area contributed by atoms with Crippen LogP contribution in [-0.2, 0) is 10.3 Å². The summed E-state index contributed by atoms with van der Waals surface area (Å²) in [6.07, 6.45) is -3.45. The fourth-order valence-electron chi connectivity index (χ4n) is 2.40. The van der Waals surface area contributed by atoms with Crippen LogP contribution in [0.5, 0.6) is 0 Å². The molecular weight excluding hydrogens is 413 g/mol. The van der Waals surface area contributed by atoms with Gasteiger partial charge in [-0.15, -0.1) is 0 Å². The number of pyridine rings is 1. The number of aromatic nitrogens is 1. The second-order valence-electron chi connectivity index (χ2n) is 5.74. The minimum Gasteiger partial charge on any atom is -0.477 e. The Morgan fingerprint density at radius 1 is 1.48 bits per heavy atom. The number of amidine groups is 1. The molecule has 1 aromatic carbocycles. The van der Waals surface area contributed by atoms with E-state index in [0.29, 0.717) is 0 Å². The molecule has 1 aliphatic heterocycles. The molecule has 0 unspecified atom stereocenters. The highest BCUT2D eigenvalue weighted by Gasteiger charge is 2.46. The number of nitrogens with two attached hydrogens (primary N) is 2. The maximum absolute atomic E-state index is 14.0. The van der Waals surface area contributed by atoms with Crippen LogP contribution in [0.2, 0.25) is 5.02 Å². The molecule has 1 aliphatic rings. The van der Waals surface area contributed by atoms with E-state index < -0.39 is 66.2 Å². The number of carboxylic acids is 1. The number of hydrogen-bond donors (Lipinski definition) is 3. The first kappa shape index (κ1) is 16.0. The van der Waals surface area contributed by atoms with Gasteiger partial charge in [-0.1, -0.05) is 17.6 Å². The van der Waals surface area contributed by atoms with Crippen molar-refractivity contribution in [1.29, 1.82) is 0 Å². The molecule has 1 atom stereocenters. The van der Waals surface area contributed by atoms with E-state index in [1.807, 2.05) is 0 Å². The molecule has 1 aromatic heterocycles. The van der Waals surface area contributed by atoms with Crippen molar-refractivity contribution in [2.24, 2.45) is 10.7 Å². The van der Waals surface area contributed by atoms with Gasteiger partial charge >= 0.3 is 5.97 Å². The average molecular weight is 436 g/mol. The fourth-order valence-corrected chi connectivity index (χ4v) is 2.63. The number of ether oxygens (including phenoxy) is 1. The maximum atomic E-state index is 14.0. The third-order valence-electron chi connectivity index (χ3n) is 3.69. The van der Waals surface area contributed by atoms with Crippen LogP contribution >= 0.6 is 11.6 Å². The summed E-state index contributed by atoms with van der Waals surface area (Å²) in [5.74, 6) is -2.69. The van der Waals surface area contributed by atoms with Crippen LogP contribution in [0.4, 0.5) is 18.9 Å². The molecule has 7 nitrogen and oxygen atoms in total. The van der Waals surface area contributed by atoms with Gasteiger partial charge in [-0.25, -0.2) is 22.9 Å². The molecule has 29 heavy (non-hydrogen) atoms. The number of rotatable bonds is 3. The quantitative estimate of drug-likeness (QED) is 0.637. The number of hydrogen-bond acceptors (Lipinski definition) is 6. The van der Waals surface area contributed by atoms with Gasteiger partial charge in [0.05, 0.1) is 14.4 Å². The lowest BCUT2D eigenvalue weighted by Gasteiger charge is -2.33. The summed E-state index contributed by atoms with van der Waals surface area (Å²) in [4.78, 5) is 17.7. The van der Waals surface area contributed by atoms with E-state index in [9.17, 15) is 18.0 Å². The number of nitrogen functional groups attached to an aromatic ring is 1. The number of benzene rings is 1. The van der Waals surface area contributed by atoms with Crippen LogP contribution in [0.3, 0.4) is 0 Å². The summed E-state index contributed by atoms with van der Waals surface area (Å²) >= 11 is 5.62. The summed E-state index contributed by atoms with van der Waals surface area (Å²) in [5.41, 5.74) is 6.96. The summed E-state index contributed by atoms with van der Waals surface area (Å²) in [6, 6.07) is 2.59. The zero-order chi connectivity index (χ0) is 26.0. The van der Waals surface area contributed by atoms with E-state index in [-0.39, 0.29) is 23.2 Å². The van der Waals surface area contributed by atoms with Crippen molar-refractivity contribution in [3.8, 4) is 0 Å². The van der Waals surface area contributed by atoms with Crippen LogP contribution in [0.15, 0.2) is 35.4 Å². The van der Waals surface area contributed by atoms with Gasteiger partial charge in [0.15, 0.2) is 11.2 Å². The molecule has 0 amide bonds. The Labute approximate surface area is 176 Å². The molecule has 0 saturated carbocycles. The van der Waals surface area contributed by atoms with Crippen LogP contribution in [0, 0.1) is 12.7 Å². The first-order valence-electron chi connectivity index (χ1n) is 10.3. The first-order chi connectivity index (χ1) is 15.6. The molecular formula is C18H18ClF3N4O3. The molecule has 0 bridgehead atoms. The molecule has 0 spiro atoms. The molecule has 156 valence electrons.